The highest BCUT2D eigenvalue weighted by atomic mass is 79.9. The van der Waals surface area contributed by atoms with Crippen LogP contribution in [0, 0.1) is 11.8 Å². The van der Waals surface area contributed by atoms with Crippen LogP contribution in [0.3, 0.4) is 0 Å². The van der Waals surface area contributed by atoms with E-state index in [9.17, 15) is 4.79 Å². The summed E-state index contributed by atoms with van der Waals surface area (Å²) in [6, 6.07) is 0. The van der Waals surface area contributed by atoms with Crippen LogP contribution in [0.15, 0.2) is 0 Å². The molecule has 2 rings (SSSR count). The summed E-state index contributed by atoms with van der Waals surface area (Å²) in [5, 5.41) is 0. The summed E-state index contributed by atoms with van der Waals surface area (Å²) in [5.41, 5.74) is 0. The van der Waals surface area contributed by atoms with Crippen LogP contribution in [0.4, 0.5) is 0 Å². The molecule has 5 unspecified atom stereocenters. The molecule has 0 bridgehead atoms. The van der Waals surface area contributed by atoms with Crippen molar-refractivity contribution >= 4 is 21.9 Å². The first-order valence-electron chi connectivity index (χ1n) is 7.58. The summed E-state index contributed by atoms with van der Waals surface area (Å²) in [7, 11) is 0. The Labute approximate surface area is 124 Å². The average molecular weight is 333 g/mol. The van der Waals surface area contributed by atoms with Gasteiger partial charge < -0.3 is 9.47 Å². The molecule has 19 heavy (non-hydrogen) atoms. The molecule has 2 aliphatic rings. The van der Waals surface area contributed by atoms with Gasteiger partial charge in [-0.05, 0) is 38.5 Å². The topological polar surface area (TPSA) is 35.5 Å². The minimum absolute atomic E-state index is 0.00761. The molecule has 0 saturated heterocycles. The lowest BCUT2D eigenvalue weighted by Crippen LogP contribution is -2.32. The van der Waals surface area contributed by atoms with E-state index in [-0.39, 0.29) is 22.8 Å². The van der Waals surface area contributed by atoms with Gasteiger partial charge in [0.15, 0.2) is 0 Å². The second kappa shape index (κ2) is 7.07. The average Bonchev–Trinajstić information content (AvgIpc) is 2.74. The highest BCUT2D eigenvalue weighted by molar-refractivity contribution is 9.09. The zero-order chi connectivity index (χ0) is 13.8. The third-order valence-corrected chi connectivity index (χ3v) is 5.40. The third-order valence-electron chi connectivity index (χ3n) is 4.43. The van der Waals surface area contributed by atoms with Crippen molar-refractivity contribution in [2.45, 2.75) is 69.4 Å². The highest BCUT2D eigenvalue weighted by Gasteiger charge is 2.40. The SMILES string of the molecule is CCOC(=O)C1CC(Br)C(OC2CCCCC2C)C1. The fourth-order valence-electron chi connectivity index (χ4n) is 3.25. The Hall–Kier alpha value is -0.0900. The van der Waals surface area contributed by atoms with Gasteiger partial charge in [-0.3, -0.25) is 4.79 Å². The fraction of sp³-hybridized carbons (Fsp3) is 0.933. The smallest absolute Gasteiger partial charge is 0.309 e. The number of esters is 1. The van der Waals surface area contributed by atoms with E-state index in [1.54, 1.807) is 0 Å². The van der Waals surface area contributed by atoms with Gasteiger partial charge in [0.25, 0.3) is 0 Å². The lowest BCUT2D eigenvalue weighted by molar-refractivity contribution is -0.148. The maximum Gasteiger partial charge on any atom is 0.309 e. The fourth-order valence-corrected chi connectivity index (χ4v) is 4.04. The lowest BCUT2D eigenvalue weighted by atomic mass is 9.88. The quantitative estimate of drug-likeness (QED) is 0.581. The molecule has 5 atom stereocenters. The standard InChI is InChI=1S/C15H25BrO3/c1-3-18-15(17)11-8-12(16)14(9-11)19-13-7-5-4-6-10(13)2/h10-14H,3-9H2,1-2H3. The maximum absolute atomic E-state index is 11.8. The molecular formula is C15H25BrO3. The number of carbonyl (C=O) groups is 1. The zero-order valence-electron chi connectivity index (χ0n) is 11.9. The number of hydrogen-bond acceptors (Lipinski definition) is 3. The molecule has 0 radical (unpaired) electrons. The van der Waals surface area contributed by atoms with Gasteiger partial charge in [-0.2, -0.15) is 0 Å². The molecule has 110 valence electrons. The molecule has 0 N–H and O–H groups in total. The largest absolute Gasteiger partial charge is 0.466 e. The normalized spacial score (nSPS) is 39.2. The molecule has 4 heteroatoms. The van der Waals surface area contributed by atoms with Gasteiger partial charge in [0.05, 0.1) is 24.7 Å². The van der Waals surface area contributed by atoms with Crippen molar-refractivity contribution in [3.8, 4) is 0 Å². The molecule has 2 fully saturated rings. The molecule has 2 saturated carbocycles. The van der Waals surface area contributed by atoms with Crippen molar-refractivity contribution in [1.82, 2.24) is 0 Å². The molecule has 0 heterocycles. The first-order chi connectivity index (χ1) is 9.11. The van der Waals surface area contributed by atoms with Crippen molar-refractivity contribution in [3.63, 3.8) is 0 Å². The number of halogens is 1. The Morgan fingerprint density at radius 2 is 1.95 bits per heavy atom. The Kier molecular flexibility index (Phi) is 5.70. The molecule has 0 aliphatic heterocycles. The molecule has 0 amide bonds. The third kappa shape index (κ3) is 3.94. The Morgan fingerprint density at radius 1 is 1.21 bits per heavy atom. The molecule has 0 aromatic carbocycles. The Morgan fingerprint density at radius 3 is 2.63 bits per heavy atom. The van der Waals surface area contributed by atoms with E-state index >= 15 is 0 Å². The van der Waals surface area contributed by atoms with E-state index in [0.717, 1.165) is 12.8 Å². The number of hydrogen-bond donors (Lipinski definition) is 0. The van der Waals surface area contributed by atoms with E-state index in [1.165, 1.54) is 25.7 Å². The number of rotatable bonds is 4. The molecule has 0 aromatic heterocycles. The minimum Gasteiger partial charge on any atom is -0.466 e. The Balaban J connectivity index is 1.85. The zero-order valence-corrected chi connectivity index (χ0v) is 13.5. The first-order valence-corrected chi connectivity index (χ1v) is 8.49. The molecule has 0 aromatic rings. The number of carbonyl (C=O) groups excluding carboxylic acids is 1. The van der Waals surface area contributed by atoms with Gasteiger partial charge in [-0.15, -0.1) is 0 Å². The maximum atomic E-state index is 11.8. The predicted molar refractivity (Wildman–Crippen MR) is 78.4 cm³/mol. The van der Waals surface area contributed by atoms with Crippen LogP contribution in [0.2, 0.25) is 0 Å². The molecule has 2 aliphatic carbocycles. The van der Waals surface area contributed by atoms with Crippen LogP contribution in [-0.4, -0.2) is 29.6 Å². The predicted octanol–water partition coefficient (Wildman–Crippen LogP) is 3.69. The van der Waals surface area contributed by atoms with Gasteiger partial charge in [0.2, 0.25) is 0 Å². The first kappa shape index (κ1) is 15.3. The van der Waals surface area contributed by atoms with Gasteiger partial charge in [-0.25, -0.2) is 0 Å². The molecule has 0 spiro atoms. The van der Waals surface area contributed by atoms with Crippen LogP contribution in [-0.2, 0) is 14.3 Å². The van der Waals surface area contributed by atoms with Gasteiger partial charge in [0, 0.05) is 4.83 Å². The van der Waals surface area contributed by atoms with E-state index in [1.807, 2.05) is 6.92 Å². The van der Waals surface area contributed by atoms with Crippen LogP contribution in [0.1, 0.15) is 52.4 Å². The van der Waals surface area contributed by atoms with Crippen LogP contribution < -0.4 is 0 Å². The summed E-state index contributed by atoms with van der Waals surface area (Å²) in [6.07, 6.45) is 7.22. The minimum atomic E-state index is -0.0604. The summed E-state index contributed by atoms with van der Waals surface area (Å²) in [6.45, 7) is 4.61. The van der Waals surface area contributed by atoms with Crippen LogP contribution >= 0.6 is 15.9 Å². The van der Waals surface area contributed by atoms with Crippen molar-refractivity contribution in [2.24, 2.45) is 11.8 Å². The highest BCUT2D eigenvalue weighted by Crippen LogP contribution is 2.37. The second-order valence-corrected chi connectivity index (χ2v) is 7.09. The molecule has 3 nitrogen and oxygen atoms in total. The van der Waals surface area contributed by atoms with E-state index in [0.29, 0.717) is 18.6 Å². The summed E-state index contributed by atoms with van der Waals surface area (Å²) in [5.74, 6) is 0.595. The molecular weight excluding hydrogens is 308 g/mol. The summed E-state index contributed by atoms with van der Waals surface area (Å²) >= 11 is 3.68. The summed E-state index contributed by atoms with van der Waals surface area (Å²) in [4.78, 5) is 12.1. The van der Waals surface area contributed by atoms with Gasteiger partial charge in [-0.1, -0.05) is 35.7 Å². The lowest BCUT2D eigenvalue weighted by Gasteiger charge is -2.32. The van der Waals surface area contributed by atoms with Crippen LogP contribution in [0.5, 0.6) is 0 Å². The Bertz CT molecular complexity index is 308. The van der Waals surface area contributed by atoms with Crippen molar-refractivity contribution in [2.75, 3.05) is 6.61 Å². The second-order valence-electron chi connectivity index (χ2n) is 5.91. The monoisotopic (exact) mass is 332 g/mol. The van der Waals surface area contributed by atoms with Crippen LogP contribution in [0.25, 0.3) is 0 Å². The van der Waals surface area contributed by atoms with Crippen molar-refractivity contribution < 1.29 is 14.3 Å². The van der Waals surface area contributed by atoms with E-state index in [2.05, 4.69) is 22.9 Å². The number of ether oxygens (including phenoxy) is 2. The van der Waals surface area contributed by atoms with E-state index in [4.69, 9.17) is 9.47 Å². The van der Waals surface area contributed by atoms with Gasteiger partial charge in [0.1, 0.15) is 0 Å². The summed E-state index contributed by atoms with van der Waals surface area (Å²) < 4.78 is 11.4. The van der Waals surface area contributed by atoms with Crippen molar-refractivity contribution in [3.05, 3.63) is 0 Å². The van der Waals surface area contributed by atoms with Crippen molar-refractivity contribution in [1.29, 1.82) is 0 Å². The van der Waals surface area contributed by atoms with Gasteiger partial charge >= 0.3 is 5.97 Å². The van der Waals surface area contributed by atoms with E-state index < -0.39 is 0 Å². The number of alkyl halides is 1.